The van der Waals surface area contributed by atoms with E-state index in [1.165, 1.54) is 33.2 Å². The van der Waals surface area contributed by atoms with E-state index in [0.717, 1.165) is 27.0 Å². The molecule has 3 aromatic rings. The summed E-state index contributed by atoms with van der Waals surface area (Å²) in [7, 11) is -3.60. The molecule has 0 spiro atoms. The van der Waals surface area contributed by atoms with Gasteiger partial charge in [-0.25, -0.2) is 8.42 Å². The van der Waals surface area contributed by atoms with E-state index in [-0.39, 0.29) is 0 Å². The minimum Gasteiger partial charge on any atom is -0.309 e. The van der Waals surface area contributed by atoms with Gasteiger partial charge in [-0.2, -0.15) is 4.31 Å². The Kier molecular flexibility index (Phi) is 7.64. The summed E-state index contributed by atoms with van der Waals surface area (Å²) in [6, 6.07) is 13.5. The zero-order valence-corrected chi connectivity index (χ0v) is 19.8. The number of rotatable bonds is 9. The number of benzene rings is 2. The van der Waals surface area contributed by atoms with Crippen LogP contribution in [0.4, 0.5) is 0 Å². The Balaban J connectivity index is 1.73. The van der Waals surface area contributed by atoms with Gasteiger partial charge >= 0.3 is 0 Å². The summed E-state index contributed by atoms with van der Waals surface area (Å²) in [4.78, 5) is 0.998. The predicted molar refractivity (Wildman–Crippen MR) is 124 cm³/mol. The summed E-state index contributed by atoms with van der Waals surface area (Å²) < 4.78 is 35.2. The summed E-state index contributed by atoms with van der Waals surface area (Å²) in [5, 5.41) is 1.50. The van der Waals surface area contributed by atoms with Crippen LogP contribution >= 0.6 is 35.0 Å². The standard InChI is InChI=1S/C21H24ClNO3S3/c1-4-11-23(12-13-26-28-18-8-5-15(2)6-9-18)29(24,25)21-16(3)19-14-17(22)7-10-20(19)27-21/h5-10,14H,4,11-13H2,1-3H3. The van der Waals surface area contributed by atoms with Crippen molar-refractivity contribution >= 4 is 55.1 Å². The van der Waals surface area contributed by atoms with Crippen molar-refractivity contribution in [2.45, 2.75) is 36.3 Å². The maximum atomic E-state index is 13.3. The third-order valence-electron chi connectivity index (χ3n) is 4.50. The highest BCUT2D eigenvalue weighted by Crippen LogP contribution is 2.37. The first kappa shape index (κ1) is 22.6. The topological polar surface area (TPSA) is 46.6 Å². The van der Waals surface area contributed by atoms with E-state index in [2.05, 4.69) is 0 Å². The van der Waals surface area contributed by atoms with Crippen LogP contribution in [-0.4, -0.2) is 32.4 Å². The third kappa shape index (κ3) is 5.34. The van der Waals surface area contributed by atoms with Crippen LogP contribution in [0.25, 0.3) is 10.1 Å². The van der Waals surface area contributed by atoms with Crippen molar-refractivity contribution in [3.8, 4) is 0 Å². The molecular weight excluding hydrogens is 446 g/mol. The highest BCUT2D eigenvalue weighted by atomic mass is 35.5. The number of aryl methyl sites for hydroxylation is 2. The number of halogens is 1. The lowest BCUT2D eigenvalue weighted by Gasteiger charge is -2.21. The van der Waals surface area contributed by atoms with Crippen LogP contribution in [0.3, 0.4) is 0 Å². The van der Waals surface area contributed by atoms with E-state index < -0.39 is 10.0 Å². The molecule has 0 radical (unpaired) electrons. The maximum absolute atomic E-state index is 13.3. The second kappa shape index (κ2) is 9.81. The van der Waals surface area contributed by atoms with Gasteiger partial charge in [-0.05, 0) is 61.5 Å². The zero-order chi connectivity index (χ0) is 21.0. The first-order valence-electron chi connectivity index (χ1n) is 9.38. The van der Waals surface area contributed by atoms with Gasteiger partial charge in [-0.15, -0.1) is 11.3 Å². The molecule has 0 unspecified atom stereocenters. The lowest BCUT2D eigenvalue weighted by Crippen LogP contribution is -2.34. The number of nitrogens with zero attached hydrogens (tertiary/aromatic N) is 1. The van der Waals surface area contributed by atoms with Gasteiger partial charge in [0.05, 0.1) is 6.61 Å². The van der Waals surface area contributed by atoms with Gasteiger partial charge in [0.2, 0.25) is 0 Å². The van der Waals surface area contributed by atoms with Crippen molar-refractivity contribution in [3.05, 3.63) is 58.6 Å². The molecule has 2 aromatic carbocycles. The summed E-state index contributed by atoms with van der Waals surface area (Å²) in [5.41, 5.74) is 1.94. The Morgan fingerprint density at radius 2 is 1.83 bits per heavy atom. The number of hydrogen-bond acceptors (Lipinski definition) is 5. The fraction of sp³-hybridized carbons (Fsp3) is 0.333. The molecule has 0 saturated heterocycles. The van der Waals surface area contributed by atoms with Crippen molar-refractivity contribution in [3.63, 3.8) is 0 Å². The molecule has 0 atom stereocenters. The van der Waals surface area contributed by atoms with E-state index in [0.29, 0.717) is 28.9 Å². The fourth-order valence-electron chi connectivity index (χ4n) is 2.98. The number of fused-ring (bicyclic) bond motifs is 1. The van der Waals surface area contributed by atoms with Crippen LogP contribution < -0.4 is 0 Å². The number of thiophene rings is 1. The van der Waals surface area contributed by atoms with Crippen molar-refractivity contribution in [1.29, 1.82) is 0 Å². The van der Waals surface area contributed by atoms with E-state index in [1.807, 2.05) is 57.2 Å². The van der Waals surface area contributed by atoms with Crippen molar-refractivity contribution < 1.29 is 12.6 Å². The molecule has 0 aliphatic carbocycles. The summed E-state index contributed by atoms with van der Waals surface area (Å²) in [6.07, 6.45) is 0.736. The van der Waals surface area contributed by atoms with Crippen molar-refractivity contribution in [1.82, 2.24) is 4.31 Å². The molecule has 8 heteroatoms. The zero-order valence-electron chi connectivity index (χ0n) is 16.6. The van der Waals surface area contributed by atoms with E-state index in [9.17, 15) is 8.42 Å². The SMILES string of the molecule is CCCN(CCOSc1ccc(C)cc1)S(=O)(=O)c1sc2ccc(Cl)cc2c1C. The Morgan fingerprint density at radius 1 is 1.10 bits per heavy atom. The van der Waals surface area contributed by atoms with Crippen LogP contribution in [0.5, 0.6) is 0 Å². The minimum atomic E-state index is -3.60. The first-order valence-corrected chi connectivity index (χ1v) is 12.8. The highest BCUT2D eigenvalue weighted by Gasteiger charge is 2.28. The lowest BCUT2D eigenvalue weighted by molar-refractivity contribution is 0.306. The van der Waals surface area contributed by atoms with Gasteiger partial charge < -0.3 is 4.18 Å². The van der Waals surface area contributed by atoms with Gasteiger partial charge in [-0.1, -0.05) is 36.2 Å². The molecule has 0 saturated carbocycles. The molecule has 4 nitrogen and oxygen atoms in total. The quantitative estimate of drug-likeness (QED) is 0.272. The van der Waals surface area contributed by atoms with E-state index in [1.54, 1.807) is 6.07 Å². The van der Waals surface area contributed by atoms with Crippen LogP contribution in [0.2, 0.25) is 5.02 Å². The molecule has 3 rings (SSSR count). The van der Waals surface area contributed by atoms with Crippen LogP contribution in [0, 0.1) is 13.8 Å². The molecule has 0 N–H and O–H groups in total. The van der Waals surface area contributed by atoms with Crippen molar-refractivity contribution in [2.24, 2.45) is 0 Å². The van der Waals surface area contributed by atoms with E-state index >= 15 is 0 Å². The van der Waals surface area contributed by atoms with Gasteiger partial charge in [0.25, 0.3) is 10.0 Å². The predicted octanol–water partition coefficient (Wildman–Crippen LogP) is 6.30. The van der Waals surface area contributed by atoms with Gasteiger partial charge in [0.15, 0.2) is 0 Å². The van der Waals surface area contributed by atoms with Crippen LogP contribution in [0.15, 0.2) is 51.6 Å². The molecule has 0 aliphatic heterocycles. The molecule has 0 bridgehead atoms. The Bertz CT molecular complexity index is 1080. The second-order valence-electron chi connectivity index (χ2n) is 6.78. The molecule has 0 fully saturated rings. The molecule has 0 aliphatic rings. The molecule has 1 heterocycles. The van der Waals surface area contributed by atoms with Gasteiger partial charge in [0.1, 0.15) is 4.21 Å². The monoisotopic (exact) mass is 469 g/mol. The Labute approximate surface area is 186 Å². The minimum absolute atomic E-state index is 0.309. The fourth-order valence-corrected chi connectivity index (χ4v) is 7.09. The Hall–Kier alpha value is -1.09. The molecule has 156 valence electrons. The summed E-state index contributed by atoms with van der Waals surface area (Å²) in [6.45, 7) is 6.93. The number of hydrogen-bond donors (Lipinski definition) is 0. The molecule has 29 heavy (non-hydrogen) atoms. The van der Waals surface area contributed by atoms with E-state index in [4.69, 9.17) is 15.8 Å². The largest absolute Gasteiger partial charge is 0.309 e. The highest BCUT2D eigenvalue weighted by molar-refractivity contribution is 7.94. The second-order valence-corrected chi connectivity index (χ2v) is 11.3. The van der Waals surface area contributed by atoms with Gasteiger partial charge in [0, 0.05) is 39.8 Å². The average molecular weight is 470 g/mol. The van der Waals surface area contributed by atoms with Gasteiger partial charge in [-0.3, -0.25) is 0 Å². The lowest BCUT2D eigenvalue weighted by atomic mass is 10.2. The molecule has 0 amide bonds. The molecule has 1 aromatic heterocycles. The van der Waals surface area contributed by atoms with Crippen molar-refractivity contribution in [2.75, 3.05) is 19.7 Å². The van der Waals surface area contributed by atoms with Crippen LogP contribution in [0.1, 0.15) is 24.5 Å². The number of sulfonamides is 1. The average Bonchev–Trinajstić information content (AvgIpc) is 3.02. The Morgan fingerprint density at radius 3 is 2.52 bits per heavy atom. The third-order valence-corrected chi connectivity index (χ3v) is 9.26. The summed E-state index contributed by atoms with van der Waals surface area (Å²) in [5.74, 6) is 0. The maximum Gasteiger partial charge on any atom is 0.252 e. The smallest absolute Gasteiger partial charge is 0.252 e. The summed E-state index contributed by atoms with van der Waals surface area (Å²) >= 11 is 8.66. The first-order chi connectivity index (χ1) is 13.8. The molecular formula is C21H24ClNO3S3. The normalized spacial score (nSPS) is 12.2. The van der Waals surface area contributed by atoms with Crippen LogP contribution in [-0.2, 0) is 14.2 Å².